The number of nitrogens with two attached hydrogens (primary N) is 2. The second kappa shape index (κ2) is 15.2. The number of allylic oxidation sites excluding steroid dienone is 1. The van der Waals surface area contributed by atoms with E-state index in [1.807, 2.05) is 48.5 Å². The zero-order valence-corrected chi connectivity index (χ0v) is 24.1. The first-order valence-corrected chi connectivity index (χ1v) is 14.4. The number of nitrogen functional groups attached to an aromatic ring is 2. The molecule has 0 spiro atoms. The number of carbonyl (C=O) groups excluding carboxylic acids is 2. The highest BCUT2D eigenvalue weighted by molar-refractivity contribution is 6.07. The molecule has 0 unspecified atom stereocenters. The van der Waals surface area contributed by atoms with Crippen LogP contribution in [0.5, 0.6) is 5.75 Å². The maximum absolute atomic E-state index is 12.7. The molecule has 0 aliphatic heterocycles. The first-order valence-electron chi connectivity index (χ1n) is 14.4. The first-order chi connectivity index (χ1) is 20.4. The van der Waals surface area contributed by atoms with Gasteiger partial charge in [0.2, 0.25) is 0 Å². The molecule has 0 aromatic heterocycles. The van der Waals surface area contributed by atoms with Crippen molar-refractivity contribution < 1.29 is 19.1 Å². The van der Waals surface area contributed by atoms with Crippen LogP contribution in [0.4, 0.5) is 11.4 Å². The van der Waals surface area contributed by atoms with Crippen LogP contribution in [0.2, 0.25) is 0 Å². The summed E-state index contributed by atoms with van der Waals surface area (Å²) in [5.74, 6) is 0.167. The van der Waals surface area contributed by atoms with E-state index in [1.54, 1.807) is 18.2 Å². The summed E-state index contributed by atoms with van der Waals surface area (Å²) < 4.78 is 11.0. The molecule has 4 rings (SSSR count). The van der Waals surface area contributed by atoms with Gasteiger partial charge in [-0.05, 0) is 71.5 Å². The average Bonchev–Trinajstić information content (AvgIpc) is 3.00. The van der Waals surface area contributed by atoms with Crippen molar-refractivity contribution in [2.75, 3.05) is 24.7 Å². The van der Waals surface area contributed by atoms with E-state index in [2.05, 4.69) is 31.2 Å². The van der Waals surface area contributed by atoms with Crippen LogP contribution in [-0.2, 0) is 11.2 Å². The van der Waals surface area contributed by atoms with Gasteiger partial charge in [-0.1, -0.05) is 86.5 Å². The van der Waals surface area contributed by atoms with Gasteiger partial charge in [0.1, 0.15) is 5.75 Å². The van der Waals surface area contributed by atoms with Gasteiger partial charge in [0.25, 0.3) is 0 Å². The van der Waals surface area contributed by atoms with E-state index in [-0.39, 0.29) is 12.4 Å². The Morgan fingerprint density at radius 1 is 0.714 bits per heavy atom. The molecule has 0 fully saturated rings. The van der Waals surface area contributed by atoms with Gasteiger partial charge >= 0.3 is 5.97 Å². The number of aryl methyl sites for hydroxylation is 1. The Bertz CT molecular complexity index is 1470. The van der Waals surface area contributed by atoms with Crippen LogP contribution in [-0.4, -0.2) is 25.0 Å². The number of ether oxygens (including phenoxy) is 2. The third kappa shape index (κ3) is 9.10. The Balaban J connectivity index is 1.20. The van der Waals surface area contributed by atoms with Crippen LogP contribution < -0.4 is 16.2 Å². The Labute approximate surface area is 248 Å². The van der Waals surface area contributed by atoms with Crippen molar-refractivity contribution in [3.05, 3.63) is 119 Å². The number of unbranched alkanes of at least 4 members (excludes halogenated alkanes) is 2. The van der Waals surface area contributed by atoms with Crippen molar-refractivity contribution in [2.45, 2.75) is 39.0 Å². The van der Waals surface area contributed by atoms with Gasteiger partial charge in [-0.25, -0.2) is 4.79 Å². The molecule has 4 aromatic carbocycles. The maximum atomic E-state index is 12.7. The number of esters is 1. The Kier molecular flexibility index (Phi) is 10.9. The summed E-state index contributed by atoms with van der Waals surface area (Å²) in [7, 11) is 0. The molecule has 42 heavy (non-hydrogen) atoms. The van der Waals surface area contributed by atoms with Crippen LogP contribution in [0.15, 0.2) is 97.1 Å². The van der Waals surface area contributed by atoms with Gasteiger partial charge in [0.05, 0.1) is 18.8 Å². The van der Waals surface area contributed by atoms with E-state index in [1.165, 1.54) is 37.0 Å². The zero-order valence-electron chi connectivity index (χ0n) is 24.1. The second-order valence-corrected chi connectivity index (χ2v) is 10.2. The smallest absolute Gasteiger partial charge is 0.338 e. The lowest BCUT2D eigenvalue weighted by Gasteiger charge is -2.08. The number of ketones is 1. The molecule has 0 bridgehead atoms. The summed E-state index contributed by atoms with van der Waals surface area (Å²) in [6, 6.07) is 28.5. The van der Waals surface area contributed by atoms with Gasteiger partial charge in [0, 0.05) is 23.4 Å². The predicted molar refractivity (Wildman–Crippen MR) is 171 cm³/mol. The van der Waals surface area contributed by atoms with Crippen molar-refractivity contribution in [3.8, 4) is 16.9 Å². The highest BCUT2D eigenvalue weighted by Crippen LogP contribution is 2.22. The van der Waals surface area contributed by atoms with E-state index in [9.17, 15) is 9.59 Å². The first kappa shape index (κ1) is 30.1. The van der Waals surface area contributed by atoms with Crippen LogP contribution in [0, 0.1) is 0 Å². The van der Waals surface area contributed by atoms with Crippen molar-refractivity contribution in [3.63, 3.8) is 0 Å². The number of hydrogen-bond acceptors (Lipinski definition) is 6. The van der Waals surface area contributed by atoms with Crippen LogP contribution in [0.1, 0.15) is 64.4 Å². The number of benzene rings is 4. The summed E-state index contributed by atoms with van der Waals surface area (Å²) in [5, 5.41) is 0. The van der Waals surface area contributed by atoms with Gasteiger partial charge in [-0.3, -0.25) is 4.79 Å². The minimum absolute atomic E-state index is 0.0522. The third-order valence-corrected chi connectivity index (χ3v) is 6.84. The summed E-state index contributed by atoms with van der Waals surface area (Å²) in [6.45, 7) is 2.82. The summed E-state index contributed by atoms with van der Waals surface area (Å²) in [5.41, 5.74) is 17.7. The van der Waals surface area contributed by atoms with Gasteiger partial charge in [-0.15, -0.1) is 0 Å². The summed E-state index contributed by atoms with van der Waals surface area (Å²) >= 11 is 0. The van der Waals surface area contributed by atoms with Crippen molar-refractivity contribution >= 4 is 29.2 Å². The largest absolute Gasteiger partial charge is 0.493 e. The zero-order chi connectivity index (χ0) is 29.7. The molecule has 216 valence electrons. The van der Waals surface area contributed by atoms with Gasteiger partial charge in [-0.2, -0.15) is 0 Å². The van der Waals surface area contributed by atoms with E-state index in [0.29, 0.717) is 41.3 Å². The lowest BCUT2D eigenvalue weighted by atomic mass is 9.99. The minimum Gasteiger partial charge on any atom is -0.493 e. The quantitative estimate of drug-likeness (QED) is 0.0535. The molecule has 0 saturated heterocycles. The Morgan fingerprint density at radius 3 is 2.00 bits per heavy atom. The van der Waals surface area contributed by atoms with Crippen molar-refractivity contribution in [1.82, 2.24) is 0 Å². The molecule has 4 aromatic rings. The molecule has 0 aliphatic rings. The van der Waals surface area contributed by atoms with Crippen LogP contribution in [0.25, 0.3) is 17.2 Å². The molecule has 6 heteroatoms. The lowest BCUT2D eigenvalue weighted by Crippen LogP contribution is -2.10. The second-order valence-electron chi connectivity index (χ2n) is 10.2. The number of rotatable bonds is 14. The predicted octanol–water partition coefficient (Wildman–Crippen LogP) is 7.77. The number of carbonyl (C=O) groups is 2. The topological polar surface area (TPSA) is 105 Å². The SMILES string of the molecule is CCCCCc1ccc(-c2ccc(C(=O)C=Cc3ccc(OCCCOC(=O)c4cc(N)cc(N)c4)cc3)cc2)cc1. The fourth-order valence-electron chi connectivity index (χ4n) is 4.50. The highest BCUT2D eigenvalue weighted by Gasteiger charge is 2.09. The third-order valence-electron chi connectivity index (χ3n) is 6.84. The molecule has 0 saturated carbocycles. The maximum Gasteiger partial charge on any atom is 0.338 e. The van der Waals surface area contributed by atoms with Crippen LogP contribution >= 0.6 is 0 Å². The van der Waals surface area contributed by atoms with E-state index in [4.69, 9.17) is 20.9 Å². The molecule has 0 atom stereocenters. The summed E-state index contributed by atoms with van der Waals surface area (Å²) in [4.78, 5) is 24.9. The molecular weight excluding hydrogens is 524 g/mol. The van der Waals surface area contributed by atoms with E-state index in [0.717, 1.165) is 23.1 Å². The molecule has 0 amide bonds. The number of hydrogen-bond donors (Lipinski definition) is 2. The van der Waals surface area contributed by atoms with Crippen LogP contribution in [0.3, 0.4) is 0 Å². The molecule has 0 radical (unpaired) electrons. The van der Waals surface area contributed by atoms with Gasteiger partial charge < -0.3 is 20.9 Å². The monoisotopic (exact) mass is 562 g/mol. The fraction of sp³-hybridized carbons (Fsp3) is 0.222. The standard InChI is InChI=1S/C36H38N2O4/c1-2-3-4-6-26-7-12-28(13-8-26)29-14-16-30(17-15-29)35(39)20-11-27-9-18-34(19-10-27)41-21-5-22-42-36(40)31-23-32(37)25-33(38)24-31/h7-20,23-25H,2-6,21-22,37-38H2,1H3. The van der Waals surface area contributed by atoms with Gasteiger partial charge in [0.15, 0.2) is 5.78 Å². The number of anilines is 2. The average molecular weight is 563 g/mol. The lowest BCUT2D eigenvalue weighted by molar-refractivity contribution is 0.0486. The molecule has 0 aliphatic carbocycles. The van der Waals surface area contributed by atoms with E-state index < -0.39 is 5.97 Å². The normalized spacial score (nSPS) is 11.0. The Hall–Kier alpha value is -4.84. The molecular formula is C36H38N2O4. The Morgan fingerprint density at radius 2 is 1.36 bits per heavy atom. The minimum atomic E-state index is -0.474. The molecule has 0 heterocycles. The molecule has 4 N–H and O–H groups in total. The summed E-state index contributed by atoms with van der Waals surface area (Å²) in [6.07, 6.45) is 8.73. The molecule has 6 nitrogen and oxygen atoms in total. The van der Waals surface area contributed by atoms with E-state index >= 15 is 0 Å². The van der Waals surface area contributed by atoms with Crippen molar-refractivity contribution in [2.24, 2.45) is 0 Å². The highest BCUT2D eigenvalue weighted by atomic mass is 16.5. The fourth-order valence-corrected chi connectivity index (χ4v) is 4.50. The van der Waals surface area contributed by atoms with Crippen molar-refractivity contribution in [1.29, 1.82) is 0 Å².